The number of amides is 2. The monoisotopic (exact) mass is 423 g/mol. The lowest BCUT2D eigenvalue weighted by Gasteiger charge is -2.36. The van der Waals surface area contributed by atoms with Crippen molar-refractivity contribution in [3.8, 4) is 0 Å². The minimum absolute atomic E-state index is 0.298. The van der Waals surface area contributed by atoms with Crippen molar-refractivity contribution in [2.45, 2.75) is 20.8 Å². The zero-order valence-corrected chi connectivity index (χ0v) is 18.4. The molecule has 1 saturated heterocycles. The number of hydrogen-bond acceptors (Lipinski definition) is 4. The van der Waals surface area contributed by atoms with Gasteiger partial charge >= 0.3 is 0 Å². The molecular formula is C24H26ClN3O2. The van der Waals surface area contributed by atoms with Crippen molar-refractivity contribution in [3.63, 3.8) is 0 Å². The average Bonchev–Trinajstić information content (AvgIpc) is 2.99. The van der Waals surface area contributed by atoms with Gasteiger partial charge in [-0.2, -0.15) is 0 Å². The second-order valence-electron chi connectivity index (χ2n) is 7.86. The standard InChI is InChI=1S/C24H26ClN3O2/c1-4-26-11-13-27(14-12-26)22-21(18-10-9-16(2)15-17(18)3)23(29)28(24(22)30)20-8-6-5-7-19(20)25/h5-10,15H,4,11-14H2,1-3H3. The molecule has 0 unspecified atom stereocenters. The highest BCUT2D eigenvalue weighted by atomic mass is 35.5. The van der Waals surface area contributed by atoms with Crippen LogP contribution in [0.2, 0.25) is 5.02 Å². The summed E-state index contributed by atoms with van der Waals surface area (Å²) in [5.74, 6) is -0.610. The molecule has 0 aliphatic carbocycles. The third-order valence-electron chi connectivity index (χ3n) is 5.94. The van der Waals surface area contributed by atoms with E-state index in [9.17, 15) is 9.59 Å². The van der Waals surface area contributed by atoms with E-state index in [4.69, 9.17) is 11.6 Å². The largest absolute Gasteiger partial charge is 0.364 e. The molecule has 6 heteroatoms. The number of hydrogen-bond donors (Lipinski definition) is 0. The van der Waals surface area contributed by atoms with Gasteiger partial charge < -0.3 is 9.80 Å². The van der Waals surface area contributed by atoms with Crippen molar-refractivity contribution in [2.75, 3.05) is 37.6 Å². The van der Waals surface area contributed by atoms with Crippen molar-refractivity contribution in [1.29, 1.82) is 0 Å². The Morgan fingerprint density at radius 2 is 1.63 bits per heavy atom. The molecular weight excluding hydrogens is 398 g/mol. The molecule has 0 bridgehead atoms. The van der Waals surface area contributed by atoms with Crippen LogP contribution >= 0.6 is 11.6 Å². The van der Waals surface area contributed by atoms with Crippen molar-refractivity contribution in [2.24, 2.45) is 0 Å². The summed E-state index contributed by atoms with van der Waals surface area (Å²) in [4.78, 5) is 32.9. The Hall–Kier alpha value is -2.63. The van der Waals surface area contributed by atoms with Crippen LogP contribution in [0.4, 0.5) is 5.69 Å². The molecule has 0 aromatic heterocycles. The van der Waals surface area contributed by atoms with Crippen LogP contribution in [-0.4, -0.2) is 54.3 Å². The predicted molar refractivity (Wildman–Crippen MR) is 120 cm³/mol. The lowest BCUT2D eigenvalue weighted by Crippen LogP contribution is -2.47. The molecule has 30 heavy (non-hydrogen) atoms. The summed E-state index contributed by atoms with van der Waals surface area (Å²) in [7, 11) is 0. The molecule has 0 saturated carbocycles. The molecule has 2 heterocycles. The summed E-state index contributed by atoms with van der Waals surface area (Å²) in [6.45, 7) is 10.3. The van der Waals surface area contributed by atoms with Crippen LogP contribution in [0.5, 0.6) is 0 Å². The maximum absolute atomic E-state index is 13.6. The molecule has 2 aliphatic heterocycles. The van der Waals surface area contributed by atoms with Crippen LogP contribution in [0.25, 0.3) is 5.57 Å². The van der Waals surface area contributed by atoms with Crippen LogP contribution in [0.1, 0.15) is 23.6 Å². The number of piperazine rings is 1. The smallest absolute Gasteiger partial charge is 0.282 e. The summed E-state index contributed by atoms with van der Waals surface area (Å²) < 4.78 is 0. The van der Waals surface area contributed by atoms with Crippen LogP contribution in [0, 0.1) is 13.8 Å². The number of carbonyl (C=O) groups is 2. The summed E-state index contributed by atoms with van der Waals surface area (Å²) in [5.41, 5.74) is 4.30. The van der Waals surface area contributed by atoms with Crippen molar-refractivity contribution in [1.82, 2.24) is 9.80 Å². The van der Waals surface area contributed by atoms with Crippen LogP contribution < -0.4 is 4.90 Å². The molecule has 1 fully saturated rings. The van der Waals surface area contributed by atoms with E-state index in [0.29, 0.717) is 35.1 Å². The van der Waals surface area contributed by atoms with Gasteiger partial charge in [0, 0.05) is 26.2 Å². The highest BCUT2D eigenvalue weighted by Crippen LogP contribution is 2.38. The lowest BCUT2D eigenvalue weighted by atomic mass is 9.97. The second-order valence-corrected chi connectivity index (χ2v) is 8.27. The molecule has 0 spiro atoms. The Kier molecular flexibility index (Phi) is 5.67. The summed E-state index contributed by atoms with van der Waals surface area (Å²) in [6.07, 6.45) is 0. The molecule has 2 aromatic rings. The fourth-order valence-electron chi connectivity index (χ4n) is 4.29. The first kappa shape index (κ1) is 20.6. The SMILES string of the molecule is CCN1CCN(C2=C(c3ccc(C)cc3C)C(=O)N(c3ccccc3Cl)C2=O)CC1. The molecule has 4 rings (SSSR count). The molecule has 156 valence electrons. The minimum Gasteiger partial charge on any atom is -0.364 e. The lowest BCUT2D eigenvalue weighted by molar-refractivity contribution is -0.120. The molecule has 0 atom stereocenters. The molecule has 0 radical (unpaired) electrons. The minimum atomic E-state index is -0.312. The van der Waals surface area contributed by atoms with Crippen molar-refractivity contribution in [3.05, 3.63) is 69.9 Å². The quantitative estimate of drug-likeness (QED) is 0.700. The fraction of sp³-hybridized carbons (Fsp3) is 0.333. The second kappa shape index (κ2) is 8.25. The van der Waals surface area contributed by atoms with Gasteiger partial charge in [0.1, 0.15) is 5.70 Å². The Labute approximate surface area is 182 Å². The Bertz CT molecular complexity index is 1040. The molecule has 2 aliphatic rings. The first-order valence-corrected chi connectivity index (χ1v) is 10.7. The zero-order valence-electron chi connectivity index (χ0n) is 17.6. The topological polar surface area (TPSA) is 43.9 Å². The number of imide groups is 1. The van der Waals surface area contributed by atoms with Gasteiger partial charge in [-0.25, -0.2) is 4.90 Å². The zero-order chi connectivity index (χ0) is 21.4. The first-order valence-electron chi connectivity index (χ1n) is 10.3. The van der Waals surface area contributed by atoms with Gasteiger partial charge in [0.05, 0.1) is 16.3 Å². The number of likely N-dealkylation sites (N-methyl/N-ethyl adjacent to an activating group) is 1. The number of aryl methyl sites for hydroxylation is 2. The van der Waals surface area contributed by atoms with E-state index in [1.807, 2.05) is 32.0 Å². The van der Waals surface area contributed by atoms with Gasteiger partial charge in [-0.3, -0.25) is 9.59 Å². The molecule has 2 amide bonds. The number of benzene rings is 2. The maximum atomic E-state index is 13.6. The molecule has 2 aromatic carbocycles. The van der Waals surface area contributed by atoms with E-state index in [1.165, 1.54) is 4.90 Å². The Morgan fingerprint density at radius 1 is 0.933 bits per heavy atom. The van der Waals surface area contributed by atoms with Crippen LogP contribution in [0.3, 0.4) is 0 Å². The number of anilines is 1. The van der Waals surface area contributed by atoms with E-state index >= 15 is 0 Å². The summed E-state index contributed by atoms with van der Waals surface area (Å²) in [6, 6.07) is 13.0. The predicted octanol–water partition coefficient (Wildman–Crippen LogP) is 3.88. The van der Waals surface area contributed by atoms with Gasteiger partial charge in [0.25, 0.3) is 11.8 Å². The van der Waals surface area contributed by atoms with Crippen LogP contribution in [0.15, 0.2) is 48.2 Å². The highest BCUT2D eigenvalue weighted by Gasteiger charge is 2.43. The number of halogens is 1. The van der Waals surface area contributed by atoms with Crippen LogP contribution in [-0.2, 0) is 9.59 Å². The van der Waals surface area contributed by atoms with Gasteiger partial charge in [-0.15, -0.1) is 0 Å². The third kappa shape index (κ3) is 3.53. The summed E-state index contributed by atoms with van der Waals surface area (Å²) in [5, 5.41) is 0.385. The fourth-order valence-corrected chi connectivity index (χ4v) is 4.51. The number of nitrogens with zero attached hydrogens (tertiary/aromatic N) is 3. The first-order chi connectivity index (χ1) is 14.4. The van der Waals surface area contributed by atoms with Gasteiger partial charge in [0.15, 0.2) is 0 Å². The van der Waals surface area contributed by atoms with E-state index in [-0.39, 0.29) is 11.8 Å². The average molecular weight is 424 g/mol. The van der Waals surface area contributed by atoms with Crippen molar-refractivity contribution >= 4 is 34.7 Å². The van der Waals surface area contributed by atoms with Gasteiger partial charge in [-0.1, -0.05) is 54.4 Å². The Balaban J connectivity index is 1.83. The van der Waals surface area contributed by atoms with Gasteiger partial charge in [-0.05, 0) is 43.7 Å². The molecule has 5 nitrogen and oxygen atoms in total. The van der Waals surface area contributed by atoms with E-state index in [0.717, 1.165) is 36.3 Å². The van der Waals surface area contributed by atoms with E-state index in [2.05, 4.69) is 16.7 Å². The highest BCUT2D eigenvalue weighted by molar-refractivity contribution is 6.47. The molecule has 0 N–H and O–H groups in total. The Morgan fingerprint density at radius 3 is 2.27 bits per heavy atom. The maximum Gasteiger partial charge on any atom is 0.282 e. The summed E-state index contributed by atoms with van der Waals surface area (Å²) >= 11 is 6.37. The number of rotatable bonds is 4. The normalized spacial score (nSPS) is 18.0. The van der Waals surface area contributed by atoms with Gasteiger partial charge in [0.2, 0.25) is 0 Å². The van der Waals surface area contributed by atoms with E-state index in [1.54, 1.807) is 24.3 Å². The third-order valence-corrected chi connectivity index (χ3v) is 6.26. The number of para-hydroxylation sites is 1. The van der Waals surface area contributed by atoms with Crippen molar-refractivity contribution < 1.29 is 9.59 Å². The van der Waals surface area contributed by atoms with E-state index < -0.39 is 0 Å². The number of carbonyl (C=O) groups excluding carboxylic acids is 2.